The van der Waals surface area contributed by atoms with Crippen molar-refractivity contribution < 1.29 is 17.9 Å². The van der Waals surface area contributed by atoms with Crippen molar-refractivity contribution >= 4 is 23.1 Å². The lowest BCUT2D eigenvalue weighted by atomic mass is 9.98. The fraction of sp³-hybridized carbons (Fsp3) is 0.300. The lowest BCUT2D eigenvalue weighted by Crippen LogP contribution is -2.48. The van der Waals surface area contributed by atoms with Gasteiger partial charge in [-0.2, -0.15) is 13.2 Å². The Morgan fingerprint density at radius 2 is 1.90 bits per heavy atom. The number of fused-ring (bicyclic) bond motifs is 1. The summed E-state index contributed by atoms with van der Waals surface area (Å²) in [7, 11) is 0. The average Bonchev–Trinajstić information content (AvgIpc) is 3.04. The second kappa shape index (κ2) is 7.43. The number of aliphatic imine (C=N–C) groups is 1. The summed E-state index contributed by atoms with van der Waals surface area (Å²) in [6.45, 7) is 2.51. The van der Waals surface area contributed by atoms with Gasteiger partial charge in [-0.1, -0.05) is 11.2 Å². The number of nitrogens with zero attached hydrogens (tertiary/aromatic N) is 6. The van der Waals surface area contributed by atoms with Crippen molar-refractivity contribution in [3.63, 3.8) is 0 Å². The molecule has 2 aromatic rings. The topological polar surface area (TPSA) is 103 Å². The SMILES string of the molecule is Cc1cc(C2=C(c3ccccn3)N=C(N)N3C[N+]([O-])(CCC(F)(F)F)N=C23)cc(C)n1. The molecule has 0 saturated heterocycles. The van der Waals surface area contributed by atoms with Crippen LogP contribution >= 0.6 is 0 Å². The summed E-state index contributed by atoms with van der Waals surface area (Å²) in [5.74, 6) is 0.156. The molecule has 31 heavy (non-hydrogen) atoms. The summed E-state index contributed by atoms with van der Waals surface area (Å²) < 4.78 is 36.8. The van der Waals surface area contributed by atoms with E-state index in [2.05, 4.69) is 20.1 Å². The maximum absolute atomic E-state index is 13.1. The number of hydrogen-bond acceptors (Lipinski definition) is 7. The number of nitrogens with two attached hydrogens (primary N) is 1. The maximum Gasteiger partial charge on any atom is 0.394 e. The maximum atomic E-state index is 13.1. The summed E-state index contributed by atoms with van der Waals surface area (Å²) in [4.78, 5) is 14.5. The number of amidine groups is 1. The van der Waals surface area contributed by atoms with Gasteiger partial charge in [0.15, 0.2) is 6.67 Å². The van der Waals surface area contributed by atoms with Crippen molar-refractivity contribution in [2.75, 3.05) is 13.2 Å². The number of alkyl halides is 3. The molecule has 0 fully saturated rings. The zero-order valence-electron chi connectivity index (χ0n) is 16.9. The number of rotatable bonds is 4. The molecule has 8 nitrogen and oxygen atoms in total. The quantitative estimate of drug-likeness (QED) is 0.592. The Morgan fingerprint density at radius 1 is 1.19 bits per heavy atom. The van der Waals surface area contributed by atoms with Gasteiger partial charge in [-0.3, -0.25) is 9.97 Å². The molecule has 0 aliphatic carbocycles. The molecule has 1 unspecified atom stereocenters. The van der Waals surface area contributed by atoms with E-state index >= 15 is 0 Å². The lowest BCUT2D eigenvalue weighted by molar-refractivity contribution is -0.888. The zero-order chi connectivity index (χ0) is 22.4. The smallest absolute Gasteiger partial charge is 0.394 e. The van der Waals surface area contributed by atoms with Crippen LogP contribution in [0.4, 0.5) is 13.2 Å². The number of hydrogen-bond donors (Lipinski definition) is 1. The summed E-state index contributed by atoms with van der Waals surface area (Å²) in [5.41, 5.74) is 9.61. The van der Waals surface area contributed by atoms with E-state index in [1.54, 1.807) is 36.5 Å². The van der Waals surface area contributed by atoms with Gasteiger partial charge in [-0.15, -0.1) is 0 Å². The Labute approximate surface area is 176 Å². The highest BCUT2D eigenvalue weighted by molar-refractivity contribution is 6.34. The fourth-order valence-electron chi connectivity index (χ4n) is 3.60. The van der Waals surface area contributed by atoms with E-state index in [0.717, 1.165) is 11.4 Å². The highest BCUT2D eigenvalue weighted by atomic mass is 19.4. The Kier molecular flexibility index (Phi) is 5.02. The van der Waals surface area contributed by atoms with Crippen molar-refractivity contribution in [3.8, 4) is 0 Å². The minimum Gasteiger partial charge on any atom is -0.603 e. The van der Waals surface area contributed by atoms with E-state index in [9.17, 15) is 18.4 Å². The molecule has 0 spiro atoms. The molecule has 0 bridgehead atoms. The average molecular weight is 431 g/mol. The molecular weight excluding hydrogens is 411 g/mol. The molecule has 4 heterocycles. The molecule has 11 heteroatoms. The molecular formula is C20H20F3N7O. The number of halogens is 3. The van der Waals surface area contributed by atoms with Crippen LogP contribution in [-0.2, 0) is 0 Å². The summed E-state index contributed by atoms with van der Waals surface area (Å²) in [6, 6.07) is 8.87. The van der Waals surface area contributed by atoms with Gasteiger partial charge in [0.05, 0.1) is 17.7 Å². The Hall–Kier alpha value is -3.31. The molecule has 2 aliphatic rings. The van der Waals surface area contributed by atoms with Gasteiger partial charge in [0.2, 0.25) is 11.8 Å². The van der Waals surface area contributed by atoms with Crippen LogP contribution in [0.3, 0.4) is 0 Å². The van der Waals surface area contributed by atoms with E-state index < -0.39 is 23.9 Å². The summed E-state index contributed by atoms with van der Waals surface area (Å²) in [5, 5.41) is 17.2. The second-order valence-electron chi connectivity index (χ2n) is 7.48. The van der Waals surface area contributed by atoms with Crippen LogP contribution in [0.2, 0.25) is 0 Å². The Morgan fingerprint density at radius 3 is 2.52 bits per heavy atom. The van der Waals surface area contributed by atoms with Gasteiger partial charge in [0.25, 0.3) is 0 Å². The Balaban J connectivity index is 1.90. The van der Waals surface area contributed by atoms with Gasteiger partial charge >= 0.3 is 6.18 Å². The van der Waals surface area contributed by atoms with Crippen molar-refractivity contribution in [2.45, 2.75) is 26.4 Å². The van der Waals surface area contributed by atoms with E-state index in [4.69, 9.17) is 5.73 Å². The molecule has 0 amide bonds. The second-order valence-corrected chi connectivity index (χ2v) is 7.48. The molecule has 4 rings (SSSR count). The predicted molar refractivity (Wildman–Crippen MR) is 110 cm³/mol. The van der Waals surface area contributed by atoms with Crippen molar-refractivity contribution in [2.24, 2.45) is 15.8 Å². The van der Waals surface area contributed by atoms with Crippen LogP contribution in [0.25, 0.3) is 11.3 Å². The number of pyridine rings is 2. The van der Waals surface area contributed by atoms with Crippen LogP contribution in [0, 0.1) is 19.1 Å². The predicted octanol–water partition coefficient (Wildman–Crippen LogP) is 3.14. The highest BCUT2D eigenvalue weighted by Gasteiger charge is 2.43. The number of aryl methyl sites for hydroxylation is 2. The van der Waals surface area contributed by atoms with E-state index in [0.29, 0.717) is 22.5 Å². The molecule has 0 aromatic carbocycles. The van der Waals surface area contributed by atoms with E-state index in [-0.39, 0.29) is 18.5 Å². The summed E-state index contributed by atoms with van der Waals surface area (Å²) >= 11 is 0. The molecule has 2 aromatic heterocycles. The first kappa shape index (κ1) is 20.9. The van der Waals surface area contributed by atoms with E-state index in [1.807, 2.05) is 13.8 Å². The van der Waals surface area contributed by atoms with Crippen LogP contribution in [-0.4, -0.2) is 50.8 Å². The van der Waals surface area contributed by atoms with Crippen molar-refractivity contribution in [3.05, 3.63) is 64.4 Å². The molecule has 1 atom stereocenters. The molecule has 162 valence electrons. The molecule has 0 radical (unpaired) electrons. The fourth-order valence-corrected chi connectivity index (χ4v) is 3.60. The Bertz CT molecular complexity index is 1090. The van der Waals surface area contributed by atoms with Crippen LogP contribution in [0.15, 0.2) is 46.6 Å². The first-order valence-corrected chi connectivity index (χ1v) is 9.53. The third-order valence-corrected chi connectivity index (χ3v) is 4.88. The molecule has 2 aliphatic heterocycles. The van der Waals surface area contributed by atoms with Crippen LogP contribution < -0.4 is 5.73 Å². The number of hydroxylamine groups is 2. The number of guanidine groups is 1. The van der Waals surface area contributed by atoms with Gasteiger partial charge < -0.3 is 10.9 Å². The normalized spacial score (nSPS) is 21.2. The molecule has 2 N–H and O–H groups in total. The first-order valence-electron chi connectivity index (χ1n) is 9.53. The third-order valence-electron chi connectivity index (χ3n) is 4.88. The third kappa shape index (κ3) is 4.28. The first-order chi connectivity index (χ1) is 14.5. The number of aromatic nitrogens is 2. The monoisotopic (exact) mass is 431 g/mol. The minimum absolute atomic E-state index is 0.0199. The standard InChI is InChI=1S/C20H20F3N7O/c1-12-9-14(10-13(2)26-12)16-17(15-5-3-4-7-25-15)27-19(24)29-11-30(31,28-18(16)29)8-6-20(21,22)23/h3-5,7,9-10H,6,8,11H2,1-2H3,(H2,24,27). The van der Waals surface area contributed by atoms with Crippen LogP contribution in [0.1, 0.15) is 29.1 Å². The van der Waals surface area contributed by atoms with Gasteiger partial charge in [0, 0.05) is 17.6 Å². The lowest BCUT2D eigenvalue weighted by Gasteiger charge is -2.33. The number of quaternary nitrogens is 1. The zero-order valence-corrected chi connectivity index (χ0v) is 16.9. The van der Waals surface area contributed by atoms with Crippen molar-refractivity contribution in [1.29, 1.82) is 0 Å². The van der Waals surface area contributed by atoms with Gasteiger partial charge in [0.1, 0.15) is 12.2 Å². The highest BCUT2D eigenvalue weighted by Crippen LogP contribution is 2.37. The summed E-state index contributed by atoms with van der Waals surface area (Å²) in [6.07, 6.45) is -4.12. The van der Waals surface area contributed by atoms with Gasteiger partial charge in [-0.25, -0.2) is 14.6 Å². The minimum atomic E-state index is -4.46. The van der Waals surface area contributed by atoms with Gasteiger partial charge in [-0.05, 0) is 43.7 Å². The van der Waals surface area contributed by atoms with Crippen molar-refractivity contribution in [1.82, 2.24) is 14.9 Å². The van der Waals surface area contributed by atoms with Crippen LogP contribution in [0.5, 0.6) is 0 Å². The largest absolute Gasteiger partial charge is 0.603 e. The van der Waals surface area contributed by atoms with E-state index in [1.165, 1.54) is 4.90 Å². The molecule has 0 saturated carbocycles.